The highest BCUT2D eigenvalue weighted by atomic mass is 32.2. The molecule has 1 N–H and O–H groups in total. The van der Waals surface area contributed by atoms with Crippen LogP contribution in [-0.2, 0) is 6.42 Å². The fourth-order valence-corrected chi connectivity index (χ4v) is 3.73. The zero-order chi connectivity index (χ0) is 27.5. The van der Waals surface area contributed by atoms with E-state index in [-0.39, 0.29) is 35.0 Å². The Bertz CT molecular complexity index is 1440. The average molecular weight is 554 g/mol. The van der Waals surface area contributed by atoms with Crippen LogP contribution in [0.5, 0.6) is 0 Å². The highest BCUT2D eigenvalue weighted by Crippen LogP contribution is 2.13. The van der Waals surface area contributed by atoms with E-state index in [0.717, 1.165) is 12.1 Å². The monoisotopic (exact) mass is 553 g/mol. The molecule has 0 unspecified atom stereocenters. The van der Waals surface area contributed by atoms with Crippen molar-refractivity contribution in [3.05, 3.63) is 107 Å². The van der Waals surface area contributed by atoms with Crippen LogP contribution in [0, 0.1) is 11.6 Å². The molecule has 0 radical (unpaired) electrons. The van der Waals surface area contributed by atoms with E-state index >= 15 is 0 Å². The quantitative estimate of drug-likeness (QED) is 0.0788. The molecule has 4 rings (SSSR count). The molecule has 0 aliphatic heterocycles. The molecule has 38 heavy (non-hydrogen) atoms. The number of carbonyl (C=O) groups excluding carboxylic acids is 2. The van der Waals surface area contributed by atoms with Crippen molar-refractivity contribution in [1.29, 1.82) is 0 Å². The molecule has 0 fully saturated rings. The smallest absolute Gasteiger partial charge is 0.216 e. The van der Waals surface area contributed by atoms with Crippen molar-refractivity contribution < 1.29 is 23.6 Å². The second-order valence-corrected chi connectivity index (χ2v) is 8.90. The van der Waals surface area contributed by atoms with Crippen molar-refractivity contribution >= 4 is 40.8 Å². The summed E-state index contributed by atoms with van der Waals surface area (Å²) in [6, 6.07) is 13.7. The van der Waals surface area contributed by atoms with Gasteiger partial charge in [-0.2, -0.15) is 0 Å². The molecule has 194 valence electrons. The maximum atomic E-state index is 12.8. The van der Waals surface area contributed by atoms with E-state index in [4.69, 9.17) is 5.21 Å². The highest BCUT2D eigenvalue weighted by molar-refractivity contribution is 7.98. The van der Waals surface area contributed by atoms with Crippen LogP contribution in [0.15, 0.2) is 88.5 Å². The van der Waals surface area contributed by atoms with Crippen molar-refractivity contribution in [3.8, 4) is 0 Å². The number of aromatic nitrogens is 4. The maximum absolute atomic E-state index is 12.8. The van der Waals surface area contributed by atoms with Gasteiger partial charge in [0.05, 0.1) is 12.1 Å². The van der Waals surface area contributed by atoms with E-state index < -0.39 is 11.6 Å². The number of carbonyl (C=O) groups is 2. The lowest BCUT2D eigenvalue weighted by Crippen LogP contribution is -2.18. The molecule has 0 aliphatic rings. The van der Waals surface area contributed by atoms with Crippen LogP contribution in [0.2, 0.25) is 0 Å². The molecule has 0 spiro atoms. The summed E-state index contributed by atoms with van der Waals surface area (Å²) in [7, 11) is 0. The first kappa shape index (κ1) is 28.5. The molecule has 0 saturated carbocycles. The number of nitrogens with zero attached hydrogens (tertiary/aromatic N) is 5. The van der Waals surface area contributed by atoms with Gasteiger partial charge in [0.15, 0.2) is 21.8 Å². The summed E-state index contributed by atoms with van der Waals surface area (Å²) in [6.07, 6.45) is 6.96. The summed E-state index contributed by atoms with van der Waals surface area (Å²) in [5.41, 5.74) is 1.36. The number of rotatable bonds is 8. The summed E-state index contributed by atoms with van der Waals surface area (Å²) >= 11 is 2.73. The number of hydrogen-bond acceptors (Lipinski definition) is 10. The van der Waals surface area contributed by atoms with Gasteiger partial charge >= 0.3 is 0 Å². The number of thioether (sulfide) groups is 2. The fourth-order valence-electron chi connectivity index (χ4n) is 3.00. The predicted molar refractivity (Wildman–Crippen MR) is 141 cm³/mol. The van der Waals surface area contributed by atoms with Crippen LogP contribution < -0.4 is 0 Å². The maximum Gasteiger partial charge on any atom is 0.216 e. The Hall–Kier alpha value is -4.03. The van der Waals surface area contributed by atoms with Gasteiger partial charge in [-0.3, -0.25) is 9.59 Å². The minimum Gasteiger partial charge on any atom is -0.410 e. The van der Waals surface area contributed by atoms with Gasteiger partial charge in [0.2, 0.25) is 5.78 Å². The number of benzene rings is 2. The molecular formula is C26H21F2N5O3S2. The molecule has 0 aliphatic carbocycles. The minimum absolute atomic E-state index is 0.0826. The second-order valence-electron chi connectivity index (χ2n) is 7.35. The Balaban J connectivity index is 0.000000212. The third-order valence-corrected chi connectivity index (χ3v) is 5.99. The summed E-state index contributed by atoms with van der Waals surface area (Å²) in [6.45, 7) is 0. The highest BCUT2D eigenvalue weighted by Gasteiger charge is 2.19. The lowest BCUT2D eigenvalue weighted by atomic mass is 10.0. The minimum atomic E-state index is -0.543. The standard InChI is InChI=1S/C13H10FN3O2S.C13H11FN2OS/c1-20-13-15-7-6-10(16-13)11(17-19)12(18)8-2-4-9(14)5-3-8;1-18-13-15-7-6-11(16-13)8-12(17)9-2-4-10(14)5-3-9/h2-7,19H,1H3;2-7H,8H2,1H3/b17-11-;. The summed E-state index contributed by atoms with van der Waals surface area (Å²) in [4.78, 5) is 40.5. The molecule has 2 aromatic carbocycles. The van der Waals surface area contributed by atoms with Crippen molar-refractivity contribution in [2.45, 2.75) is 16.7 Å². The first-order valence-electron chi connectivity index (χ1n) is 10.9. The van der Waals surface area contributed by atoms with E-state index in [2.05, 4.69) is 25.1 Å². The Morgan fingerprint density at radius 3 is 1.87 bits per heavy atom. The zero-order valence-electron chi connectivity index (χ0n) is 20.2. The molecule has 2 aromatic heterocycles. The lowest BCUT2D eigenvalue weighted by molar-refractivity contribution is 0.0990. The Morgan fingerprint density at radius 2 is 1.32 bits per heavy atom. The van der Waals surface area contributed by atoms with Gasteiger partial charge in [-0.05, 0) is 73.2 Å². The first-order chi connectivity index (χ1) is 18.3. The molecule has 4 aromatic rings. The first-order valence-corrected chi connectivity index (χ1v) is 13.3. The Labute approximate surface area is 225 Å². The van der Waals surface area contributed by atoms with Crippen molar-refractivity contribution in [2.24, 2.45) is 5.16 Å². The zero-order valence-corrected chi connectivity index (χ0v) is 21.8. The van der Waals surface area contributed by atoms with Crippen LogP contribution in [-0.4, -0.2) is 54.9 Å². The van der Waals surface area contributed by atoms with Crippen LogP contribution in [0.4, 0.5) is 8.78 Å². The van der Waals surface area contributed by atoms with E-state index in [1.54, 1.807) is 18.5 Å². The van der Waals surface area contributed by atoms with Crippen LogP contribution >= 0.6 is 23.5 Å². The van der Waals surface area contributed by atoms with Crippen LogP contribution in [0.3, 0.4) is 0 Å². The van der Waals surface area contributed by atoms with E-state index in [9.17, 15) is 18.4 Å². The third kappa shape index (κ3) is 7.98. The van der Waals surface area contributed by atoms with Gasteiger partial charge in [-0.15, -0.1) is 0 Å². The van der Waals surface area contributed by atoms with Gasteiger partial charge < -0.3 is 5.21 Å². The number of Topliss-reactive ketones (excluding diaryl/α,β-unsaturated/α-hetero) is 2. The summed E-state index contributed by atoms with van der Waals surface area (Å²) in [5.74, 6) is -1.42. The second kappa shape index (κ2) is 14.1. The SMILES string of the molecule is CSc1nccc(/C(=N/O)C(=O)c2ccc(F)cc2)n1.CSc1nccc(CC(=O)c2ccc(F)cc2)n1. The molecular weight excluding hydrogens is 532 g/mol. The van der Waals surface area contributed by atoms with E-state index in [1.807, 2.05) is 6.26 Å². The predicted octanol–water partition coefficient (Wildman–Crippen LogP) is 5.16. The number of ketones is 2. The number of halogens is 2. The molecule has 0 bridgehead atoms. The largest absolute Gasteiger partial charge is 0.410 e. The normalized spacial score (nSPS) is 10.9. The van der Waals surface area contributed by atoms with Crippen molar-refractivity contribution in [1.82, 2.24) is 19.9 Å². The third-order valence-electron chi connectivity index (χ3n) is 4.86. The Kier molecular flexibility index (Phi) is 10.6. The molecule has 8 nitrogen and oxygen atoms in total. The van der Waals surface area contributed by atoms with Gasteiger partial charge in [0.1, 0.15) is 17.3 Å². The van der Waals surface area contributed by atoms with Crippen LogP contribution in [0.25, 0.3) is 0 Å². The molecule has 12 heteroatoms. The van der Waals surface area contributed by atoms with Crippen molar-refractivity contribution in [2.75, 3.05) is 12.5 Å². The number of hydrogen-bond donors (Lipinski definition) is 1. The van der Waals surface area contributed by atoms with Gasteiger partial charge in [-0.1, -0.05) is 28.7 Å². The topological polar surface area (TPSA) is 118 Å². The van der Waals surface area contributed by atoms with Gasteiger partial charge in [0.25, 0.3) is 0 Å². The summed E-state index contributed by atoms with van der Waals surface area (Å²) < 4.78 is 25.6. The fraction of sp³-hybridized carbons (Fsp3) is 0.115. The van der Waals surface area contributed by atoms with E-state index in [1.165, 1.54) is 72.2 Å². The summed E-state index contributed by atoms with van der Waals surface area (Å²) in [5, 5.41) is 13.2. The average Bonchev–Trinajstić information content (AvgIpc) is 2.94. The lowest BCUT2D eigenvalue weighted by Gasteiger charge is -2.04. The van der Waals surface area contributed by atoms with Gasteiger partial charge in [-0.25, -0.2) is 28.7 Å². The Morgan fingerprint density at radius 1 is 0.789 bits per heavy atom. The molecule has 0 atom stereocenters. The van der Waals surface area contributed by atoms with E-state index in [0.29, 0.717) is 21.6 Å². The van der Waals surface area contributed by atoms with Crippen LogP contribution in [0.1, 0.15) is 32.1 Å². The van der Waals surface area contributed by atoms with Crippen molar-refractivity contribution in [3.63, 3.8) is 0 Å². The molecule has 0 amide bonds. The van der Waals surface area contributed by atoms with Gasteiger partial charge in [0, 0.05) is 23.5 Å². The molecule has 0 saturated heterocycles. The number of oxime groups is 1. The molecule has 2 heterocycles.